The number of anilines is 3. The molecule has 0 radical (unpaired) electrons. The first-order chi connectivity index (χ1) is 20.3. The van der Waals surface area contributed by atoms with Crippen molar-refractivity contribution in [2.75, 3.05) is 4.90 Å². The van der Waals surface area contributed by atoms with Gasteiger partial charge >= 0.3 is 0 Å². The largest absolute Gasteiger partial charge is 0.308 e. The number of pyridine rings is 1. The maximum absolute atomic E-state index is 4.49. The van der Waals surface area contributed by atoms with E-state index in [-0.39, 0.29) is 0 Å². The second kappa shape index (κ2) is 11.0. The van der Waals surface area contributed by atoms with E-state index >= 15 is 0 Å². The van der Waals surface area contributed by atoms with Gasteiger partial charge in [-0.3, -0.25) is 4.98 Å². The summed E-state index contributed by atoms with van der Waals surface area (Å²) in [5, 5.41) is 2.40. The topological polar surface area (TPSA) is 16.1 Å². The van der Waals surface area contributed by atoms with Crippen LogP contribution in [0.1, 0.15) is 0 Å². The summed E-state index contributed by atoms with van der Waals surface area (Å²) in [7, 11) is 0. The van der Waals surface area contributed by atoms with Crippen molar-refractivity contribution < 1.29 is 0 Å². The van der Waals surface area contributed by atoms with Gasteiger partial charge in [-0.1, -0.05) is 121 Å². The molecule has 0 aliphatic carbocycles. The average molecular weight is 525 g/mol. The van der Waals surface area contributed by atoms with Crippen LogP contribution in [-0.2, 0) is 0 Å². The highest BCUT2D eigenvalue weighted by atomic mass is 15.1. The lowest BCUT2D eigenvalue weighted by Crippen LogP contribution is -2.11. The molecule has 7 rings (SSSR count). The number of aromatic nitrogens is 1. The predicted molar refractivity (Wildman–Crippen MR) is 173 cm³/mol. The van der Waals surface area contributed by atoms with Gasteiger partial charge in [0.25, 0.3) is 0 Å². The molecule has 0 saturated heterocycles. The Balaban J connectivity index is 1.41. The molecule has 0 N–H and O–H groups in total. The van der Waals surface area contributed by atoms with Crippen LogP contribution in [-0.4, -0.2) is 4.98 Å². The maximum Gasteiger partial charge on any atom is 0.0645 e. The van der Waals surface area contributed by atoms with Gasteiger partial charge in [0, 0.05) is 17.3 Å². The van der Waals surface area contributed by atoms with Gasteiger partial charge in [0.15, 0.2) is 0 Å². The van der Waals surface area contributed by atoms with Gasteiger partial charge in [-0.15, -0.1) is 0 Å². The van der Waals surface area contributed by atoms with Crippen LogP contribution in [0.25, 0.3) is 44.2 Å². The zero-order valence-corrected chi connectivity index (χ0v) is 22.6. The molecule has 6 aromatic carbocycles. The summed E-state index contributed by atoms with van der Waals surface area (Å²) >= 11 is 0. The summed E-state index contributed by atoms with van der Waals surface area (Å²) in [6.45, 7) is 0. The SMILES string of the molecule is c1ccc(-c2ccc(N(c3cccnc3)c3cccc4cccc(-c5cccc(-c6ccccc6)c5)c34)cc2)cc1. The fourth-order valence-corrected chi connectivity index (χ4v) is 5.59. The average Bonchev–Trinajstić information content (AvgIpc) is 3.06. The van der Waals surface area contributed by atoms with E-state index in [4.69, 9.17) is 0 Å². The molecule has 0 fully saturated rings. The second-order valence-corrected chi connectivity index (χ2v) is 10.1. The van der Waals surface area contributed by atoms with Crippen LogP contribution < -0.4 is 4.90 Å². The molecule has 0 aliphatic rings. The minimum Gasteiger partial charge on any atom is -0.308 e. The number of hydrogen-bond donors (Lipinski definition) is 0. The van der Waals surface area contributed by atoms with Crippen LogP contribution in [0.2, 0.25) is 0 Å². The summed E-state index contributed by atoms with van der Waals surface area (Å²) in [6, 6.07) is 56.0. The van der Waals surface area contributed by atoms with Crippen molar-refractivity contribution in [2.45, 2.75) is 0 Å². The Morgan fingerprint density at radius 2 is 1.02 bits per heavy atom. The van der Waals surface area contributed by atoms with E-state index in [0.29, 0.717) is 0 Å². The zero-order chi connectivity index (χ0) is 27.4. The molecule has 0 aliphatic heterocycles. The Morgan fingerprint density at radius 3 is 1.73 bits per heavy atom. The summed E-state index contributed by atoms with van der Waals surface area (Å²) in [5.41, 5.74) is 10.4. The first-order valence-corrected chi connectivity index (χ1v) is 13.9. The minimum atomic E-state index is 1.01. The Hall–Kier alpha value is -5.47. The van der Waals surface area contributed by atoms with Gasteiger partial charge in [-0.2, -0.15) is 0 Å². The van der Waals surface area contributed by atoms with E-state index in [0.717, 1.165) is 17.1 Å². The quantitative estimate of drug-likeness (QED) is 0.215. The highest BCUT2D eigenvalue weighted by Crippen LogP contribution is 2.43. The third-order valence-corrected chi connectivity index (χ3v) is 7.54. The molecule has 1 aromatic heterocycles. The summed E-state index contributed by atoms with van der Waals surface area (Å²) < 4.78 is 0. The van der Waals surface area contributed by atoms with Crippen molar-refractivity contribution in [3.8, 4) is 33.4 Å². The monoisotopic (exact) mass is 524 g/mol. The Bertz CT molecular complexity index is 1910. The van der Waals surface area contributed by atoms with Crippen LogP contribution in [0.3, 0.4) is 0 Å². The first kappa shape index (κ1) is 24.6. The summed E-state index contributed by atoms with van der Waals surface area (Å²) in [6.07, 6.45) is 3.76. The van der Waals surface area contributed by atoms with E-state index < -0.39 is 0 Å². The van der Waals surface area contributed by atoms with Crippen molar-refractivity contribution in [1.29, 1.82) is 0 Å². The lowest BCUT2D eigenvalue weighted by atomic mass is 9.93. The van der Waals surface area contributed by atoms with Crippen LogP contribution >= 0.6 is 0 Å². The molecule has 2 heteroatoms. The van der Waals surface area contributed by atoms with Crippen LogP contribution in [0.5, 0.6) is 0 Å². The minimum absolute atomic E-state index is 1.01. The first-order valence-electron chi connectivity index (χ1n) is 13.9. The van der Waals surface area contributed by atoms with Crippen molar-refractivity contribution >= 4 is 27.8 Å². The molecule has 0 unspecified atom stereocenters. The van der Waals surface area contributed by atoms with Crippen molar-refractivity contribution in [2.24, 2.45) is 0 Å². The van der Waals surface area contributed by atoms with E-state index in [2.05, 4.69) is 162 Å². The molecule has 0 atom stereocenters. The number of fused-ring (bicyclic) bond motifs is 1. The van der Waals surface area contributed by atoms with E-state index in [1.807, 2.05) is 18.5 Å². The Labute approximate surface area is 240 Å². The molecular formula is C39H28N2. The predicted octanol–water partition coefficient (Wildman–Crippen LogP) is 10.7. The number of nitrogens with zero attached hydrogens (tertiary/aromatic N) is 2. The molecular weight excluding hydrogens is 496 g/mol. The molecule has 0 amide bonds. The van der Waals surface area contributed by atoms with Crippen molar-refractivity contribution in [1.82, 2.24) is 4.98 Å². The summed E-state index contributed by atoms with van der Waals surface area (Å²) in [4.78, 5) is 6.80. The van der Waals surface area contributed by atoms with Gasteiger partial charge < -0.3 is 4.90 Å². The fraction of sp³-hybridized carbons (Fsp3) is 0. The third kappa shape index (κ3) is 4.88. The van der Waals surface area contributed by atoms with E-state index in [9.17, 15) is 0 Å². The molecule has 0 spiro atoms. The molecule has 0 bridgehead atoms. The lowest BCUT2D eigenvalue weighted by molar-refractivity contribution is 1.24. The number of hydrogen-bond acceptors (Lipinski definition) is 2. The highest BCUT2D eigenvalue weighted by Gasteiger charge is 2.18. The maximum atomic E-state index is 4.49. The smallest absolute Gasteiger partial charge is 0.0645 e. The van der Waals surface area contributed by atoms with Gasteiger partial charge in [0.1, 0.15) is 0 Å². The van der Waals surface area contributed by atoms with Gasteiger partial charge in [-0.05, 0) is 75.2 Å². The Kier molecular flexibility index (Phi) is 6.56. The summed E-state index contributed by atoms with van der Waals surface area (Å²) in [5.74, 6) is 0. The highest BCUT2D eigenvalue weighted by molar-refractivity contribution is 6.08. The number of rotatable bonds is 6. The molecule has 194 valence electrons. The Morgan fingerprint density at radius 1 is 0.415 bits per heavy atom. The van der Waals surface area contributed by atoms with Crippen LogP contribution in [0, 0.1) is 0 Å². The van der Waals surface area contributed by atoms with Crippen LogP contribution in [0.4, 0.5) is 17.1 Å². The van der Waals surface area contributed by atoms with Gasteiger partial charge in [0.2, 0.25) is 0 Å². The van der Waals surface area contributed by atoms with Crippen molar-refractivity contribution in [3.05, 3.63) is 170 Å². The number of benzene rings is 6. The molecule has 1 heterocycles. The zero-order valence-electron chi connectivity index (χ0n) is 22.6. The standard InChI is InChI=1S/C39H28N2/c1-3-11-29(12-4-1)31-22-24-35(25-23-31)41(36-19-10-26-40-28-36)38-21-9-16-32-15-8-20-37(39(32)38)34-18-7-17-33(27-34)30-13-5-2-6-14-30/h1-28H. The second-order valence-electron chi connectivity index (χ2n) is 10.1. The fourth-order valence-electron chi connectivity index (χ4n) is 5.59. The third-order valence-electron chi connectivity index (χ3n) is 7.54. The normalized spacial score (nSPS) is 10.9. The molecule has 41 heavy (non-hydrogen) atoms. The van der Waals surface area contributed by atoms with E-state index in [1.54, 1.807) is 0 Å². The van der Waals surface area contributed by atoms with Crippen molar-refractivity contribution in [3.63, 3.8) is 0 Å². The molecule has 0 saturated carbocycles. The van der Waals surface area contributed by atoms with Gasteiger partial charge in [-0.25, -0.2) is 0 Å². The molecule has 2 nitrogen and oxygen atoms in total. The van der Waals surface area contributed by atoms with Gasteiger partial charge in [0.05, 0.1) is 17.6 Å². The van der Waals surface area contributed by atoms with Crippen LogP contribution in [0.15, 0.2) is 170 Å². The lowest BCUT2D eigenvalue weighted by Gasteiger charge is -2.27. The molecule has 7 aromatic rings. The van der Waals surface area contributed by atoms with E-state index in [1.165, 1.54) is 44.2 Å².